The van der Waals surface area contributed by atoms with Crippen LogP contribution >= 0.6 is 11.3 Å². The summed E-state index contributed by atoms with van der Waals surface area (Å²) in [6.07, 6.45) is 3.11. The number of hydrogen-bond donors (Lipinski definition) is 1. The van der Waals surface area contributed by atoms with Crippen LogP contribution in [0.1, 0.15) is 44.3 Å². The van der Waals surface area contributed by atoms with Gasteiger partial charge in [-0.05, 0) is 31.0 Å². The SMILES string of the molecule is CCNC(c1ccc(-c2cn(C)nc2CC)s1)C(C)C. The Balaban J connectivity index is 2.32. The summed E-state index contributed by atoms with van der Waals surface area (Å²) in [6, 6.07) is 4.95. The highest BCUT2D eigenvalue weighted by atomic mass is 32.1. The van der Waals surface area contributed by atoms with Crippen LogP contribution in [-0.4, -0.2) is 16.3 Å². The average molecular weight is 291 g/mol. The fraction of sp³-hybridized carbons (Fsp3) is 0.562. The molecule has 0 bridgehead atoms. The van der Waals surface area contributed by atoms with Crippen LogP contribution in [0, 0.1) is 5.92 Å². The van der Waals surface area contributed by atoms with E-state index in [2.05, 4.69) is 56.4 Å². The van der Waals surface area contributed by atoms with Crippen LogP contribution in [0.3, 0.4) is 0 Å². The standard InChI is InChI=1S/C16H25N3S/c1-6-13-12(10-19(5)18-13)14-8-9-15(20-14)16(11(3)4)17-7-2/h8-11,16-17H,6-7H2,1-5H3. The van der Waals surface area contributed by atoms with Gasteiger partial charge in [-0.25, -0.2) is 0 Å². The molecule has 4 heteroatoms. The van der Waals surface area contributed by atoms with E-state index in [0.29, 0.717) is 12.0 Å². The zero-order chi connectivity index (χ0) is 14.7. The highest BCUT2D eigenvalue weighted by molar-refractivity contribution is 7.15. The van der Waals surface area contributed by atoms with Gasteiger partial charge < -0.3 is 5.32 Å². The van der Waals surface area contributed by atoms with Gasteiger partial charge in [-0.2, -0.15) is 5.10 Å². The van der Waals surface area contributed by atoms with Crippen molar-refractivity contribution in [3.05, 3.63) is 28.9 Å². The second-order valence-corrected chi connectivity index (χ2v) is 6.61. The first kappa shape index (κ1) is 15.3. The molecule has 0 aromatic carbocycles. The zero-order valence-corrected chi connectivity index (χ0v) is 13.9. The van der Waals surface area contributed by atoms with Gasteiger partial charge in [-0.1, -0.05) is 27.7 Å². The third kappa shape index (κ3) is 3.13. The van der Waals surface area contributed by atoms with E-state index >= 15 is 0 Å². The molecule has 0 aliphatic rings. The Labute approximate surface area is 126 Å². The van der Waals surface area contributed by atoms with Crippen molar-refractivity contribution in [3.8, 4) is 10.4 Å². The molecule has 1 N–H and O–H groups in total. The number of hydrogen-bond acceptors (Lipinski definition) is 3. The van der Waals surface area contributed by atoms with E-state index in [1.54, 1.807) is 0 Å². The van der Waals surface area contributed by atoms with Crippen LogP contribution in [0.5, 0.6) is 0 Å². The summed E-state index contributed by atoms with van der Waals surface area (Å²) >= 11 is 1.89. The van der Waals surface area contributed by atoms with E-state index in [-0.39, 0.29) is 0 Å². The molecular formula is C16H25N3S. The molecule has 110 valence electrons. The topological polar surface area (TPSA) is 29.9 Å². The number of nitrogens with one attached hydrogen (secondary N) is 1. The molecule has 0 spiro atoms. The molecule has 2 aromatic heterocycles. The van der Waals surface area contributed by atoms with Gasteiger partial charge in [-0.15, -0.1) is 11.3 Å². The number of nitrogens with zero attached hydrogens (tertiary/aromatic N) is 2. The molecule has 0 saturated carbocycles. The largest absolute Gasteiger partial charge is 0.309 e. The van der Waals surface area contributed by atoms with Crippen molar-refractivity contribution in [1.82, 2.24) is 15.1 Å². The number of rotatable bonds is 6. The molecule has 2 heterocycles. The lowest BCUT2D eigenvalue weighted by atomic mass is 10.0. The predicted octanol–water partition coefficient (Wildman–Crippen LogP) is 4.02. The minimum Gasteiger partial charge on any atom is -0.309 e. The second-order valence-electron chi connectivity index (χ2n) is 5.50. The summed E-state index contributed by atoms with van der Waals surface area (Å²) in [7, 11) is 1.99. The van der Waals surface area contributed by atoms with E-state index in [1.807, 2.05) is 23.1 Å². The Morgan fingerprint density at radius 2 is 2.05 bits per heavy atom. The fourth-order valence-electron chi connectivity index (χ4n) is 2.55. The minimum atomic E-state index is 0.445. The average Bonchev–Trinajstić information content (AvgIpc) is 3.01. The van der Waals surface area contributed by atoms with Gasteiger partial charge in [0.25, 0.3) is 0 Å². The summed E-state index contributed by atoms with van der Waals surface area (Å²) in [5, 5.41) is 8.13. The third-order valence-corrected chi connectivity index (χ3v) is 4.73. The van der Waals surface area contributed by atoms with Crippen LogP contribution in [0.4, 0.5) is 0 Å². The van der Waals surface area contributed by atoms with E-state index in [9.17, 15) is 0 Å². The Kier molecular flexibility index (Phi) is 5.00. The lowest BCUT2D eigenvalue weighted by molar-refractivity contribution is 0.428. The van der Waals surface area contributed by atoms with Crippen molar-refractivity contribution in [3.63, 3.8) is 0 Å². The Bertz CT molecular complexity index is 554. The van der Waals surface area contributed by atoms with E-state index in [0.717, 1.165) is 13.0 Å². The molecule has 0 fully saturated rings. The molecule has 1 unspecified atom stereocenters. The molecule has 20 heavy (non-hydrogen) atoms. The molecule has 0 amide bonds. The van der Waals surface area contributed by atoms with Crippen molar-refractivity contribution in [1.29, 1.82) is 0 Å². The van der Waals surface area contributed by atoms with Crippen LogP contribution in [0.2, 0.25) is 0 Å². The number of aryl methyl sites for hydroxylation is 2. The number of aromatic nitrogens is 2. The first-order valence-corrected chi connectivity index (χ1v) is 8.24. The molecule has 0 aliphatic heterocycles. The predicted molar refractivity (Wildman–Crippen MR) is 87.2 cm³/mol. The van der Waals surface area contributed by atoms with Crippen LogP contribution in [0.25, 0.3) is 10.4 Å². The maximum atomic E-state index is 4.54. The van der Waals surface area contributed by atoms with E-state index < -0.39 is 0 Å². The summed E-state index contributed by atoms with van der Waals surface area (Å²) in [5.41, 5.74) is 2.47. The molecule has 3 nitrogen and oxygen atoms in total. The van der Waals surface area contributed by atoms with E-state index in [4.69, 9.17) is 0 Å². The maximum absolute atomic E-state index is 4.54. The lowest BCUT2D eigenvalue weighted by Crippen LogP contribution is -2.24. The van der Waals surface area contributed by atoms with E-state index in [1.165, 1.54) is 21.0 Å². The molecule has 0 radical (unpaired) electrons. The fourth-order valence-corrected chi connectivity index (χ4v) is 3.84. The van der Waals surface area contributed by atoms with Gasteiger partial charge in [0.2, 0.25) is 0 Å². The van der Waals surface area contributed by atoms with Gasteiger partial charge in [0, 0.05) is 34.6 Å². The van der Waals surface area contributed by atoms with Gasteiger partial charge in [0.15, 0.2) is 0 Å². The highest BCUT2D eigenvalue weighted by Crippen LogP contribution is 2.35. The molecule has 1 atom stereocenters. The zero-order valence-electron chi connectivity index (χ0n) is 13.1. The van der Waals surface area contributed by atoms with Gasteiger partial charge in [-0.3, -0.25) is 4.68 Å². The van der Waals surface area contributed by atoms with Crippen molar-refractivity contribution in [2.45, 2.75) is 40.2 Å². The third-order valence-electron chi connectivity index (χ3n) is 3.53. The monoisotopic (exact) mass is 291 g/mol. The molecule has 2 rings (SSSR count). The van der Waals surface area contributed by atoms with Crippen LogP contribution in [0.15, 0.2) is 18.3 Å². The van der Waals surface area contributed by atoms with Gasteiger partial charge >= 0.3 is 0 Å². The van der Waals surface area contributed by atoms with Crippen molar-refractivity contribution in [2.75, 3.05) is 6.54 Å². The molecule has 0 aliphatic carbocycles. The molecule has 2 aromatic rings. The smallest absolute Gasteiger partial charge is 0.0708 e. The van der Waals surface area contributed by atoms with Crippen molar-refractivity contribution < 1.29 is 0 Å². The molecule has 0 saturated heterocycles. The Morgan fingerprint density at radius 1 is 1.30 bits per heavy atom. The normalized spacial score (nSPS) is 13.1. The van der Waals surface area contributed by atoms with Gasteiger partial charge in [0.05, 0.1) is 5.69 Å². The quantitative estimate of drug-likeness (QED) is 0.871. The van der Waals surface area contributed by atoms with Crippen LogP contribution in [-0.2, 0) is 13.5 Å². The summed E-state index contributed by atoms with van der Waals surface area (Å²) in [6.45, 7) is 9.88. The van der Waals surface area contributed by atoms with Crippen molar-refractivity contribution in [2.24, 2.45) is 13.0 Å². The Morgan fingerprint density at radius 3 is 2.65 bits per heavy atom. The number of thiophene rings is 1. The summed E-state index contributed by atoms with van der Waals surface area (Å²) < 4.78 is 1.91. The minimum absolute atomic E-state index is 0.445. The summed E-state index contributed by atoms with van der Waals surface area (Å²) in [5.74, 6) is 0.598. The Hall–Kier alpha value is -1.13. The maximum Gasteiger partial charge on any atom is 0.0708 e. The molecular weight excluding hydrogens is 266 g/mol. The second kappa shape index (κ2) is 6.55. The highest BCUT2D eigenvalue weighted by Gasteiger charge is 2.18. The lowest BCUT2D eigenvalue weighted by Gasteiger charge is -2.20. The van der Waals surface area contributed by atoms with Crippen molar-refractivity contribution >= 4 is 11.3 Å². The first-order chi connectivity index (χ1) is 9.56. The summed E-state index contributed by atoms with van der Waals surface area (Å²) in [4.78, 5) is 2.75. The van der Waals surface area contributed by atoms with Gasteiger partial charge in [0.1, 0.15) is 0 Å². The first-order valence-electron chi connectivity index (χ1n) is 7.42. The van der Waals surface area contributed by atoms with Crippen LogP contribution < -0.4 is 5.32 Å².